The lowest BCUT2D eigenvalue weighted by Gasteiger charge is -2.16. The van der Waals surface area contributed by atoms with Crippen LogP contribution in [0, 0.1) is 0 Å². The van der Waals surface area contributed by atoms with Crippen LogP contribution in [0.3, 0.4) is 0 Å². The first-order valence-electron chi connectivity index (χ1n) is 5.62. The first kappa shape index (κ1) is 17.4. The molecule has 0 aliphatic heterocycles. The molecular weight excluding hydrogens is 270 g/mol. The minimum atomic E-state index is 0. The van der Waals surface area contributed by atoms with Crippen LogP contribution in [0.2, 0.25) is 0 Å². The monoisotopic (exact) mass is 291 g/mol. The predicted octanol–water partition coefficient (Wildman–Crippen LogP) is 3.00. The van der Waals surface area contributed by atoms with E-state index in [2.05, 4.69) is 18.3 Å². The molecule has 0 heterocycles. The highest BCUT2D eigenvalue weighted by Gasteiger charge is 2.12. The molecule has 0 saturated heterocycles. The zero-order valence-corrected chi connectivity index (χ0v) is 13.2. The van der Waals surface area contributed by atoms with Gasteiger partial charge < -0.3 is 14.8 Å². The Morgan fingerprint density at radius 1 is 1.22 bits per heavy atom. The van der Waals surface area contributed by atoms with Crippen LogP contribution in [0.1, 0.15) is 12.5 Å². The van der Waals surface area contributed by atoms with Gasteiger partial charge in [-0.2, -0.15) is 0 Å². The van der Waals surface area contributed by atoms with Crippen molar-refractivity contribution in [3.8, 4) is 11.5 Å². The van der Waals surface area contributed by atoms with Gasteiger partial charge in [-0.25, -0.2) is 0 Å². The normalized spacial score (nSPS) is 11.6. The van der Waals surface area contributed by atoms with Gasteiger partial charge in [-0.3, -0.25) is 0 Å². The topological polar surface area (TPSA) is 30.5 Å². The molecule has 18 heavy (non-hydrogen) atoms. The van der Waals surface area contributed by atoms with E-state index in [1.165, 1.54) is 5.56 Å². The van der Waals surface area contributed by atoms with Crippen LogP contribution in [-0.4, -0.2) is 33.6 Å². The molecule has 0 spiro atoms. The van der Waals surface area contributed by atoms with Crippen molar-refractivity contribution in [3.63, 3.8) is 0 Å². The predicted molar refractivity (Wildman–Crippen MR) is 80.8 cm³/mol. The Balaban J connectivity index is 0.00000289. The van der Waals surface area contributed by atoms with E-state index in [-0.39, 0.29) is 12.4 Å². The van der Waals surface area contributed by atoms with Crippen molar-refractivity contribution >= 4 is 24.2 Å². The number of thioether (sulfide) groups is 1. The molecule has 1 N–H and O–H groups in total. The summed E-state index contributed by atoms with van der Waals surface area (Å²) in [5, 5.41) is 3.23. The number of rotatable bonds is 6. The Bertz CT molecular complexity index is 374. The van der Waals surface area contributed by atoms with Crippen molar-refractivity contribution in [3.05, 3.63) is 17.7 Å². The quantitative estimate of drug-likeness (QED) is 0.816. The summed E-state index contributed by atoms with van der Waals surface area (Å²) in [4.78, 5) is 1.10. The summed E-state index contributed by atoms with van der Waals surface area (Å²) < 4.78 is 10.8. The van der Waals surface area contributed by atoms with E-state index in [4.69, 9.17) is 9.47 Å². The lowest BCUT2D eigenvalue weighted by molar-refractivity contribution is 0.388. The Morgan fingerprint density at radius 3 is 2.28 bits per heavy atom. The Hall–Kier alpha value is -0.580. The van der Waals surface area contributed by atoms with Crippen LogP contribution >= 0.6 is 24.2 Å². The number of hydrogen-bond donors (Lipinski definition) is 1. The van der Waals surface area contributed by atoms with Gasteiger partial charge >= 0.3 is 0 Å². The van der Waals surface area contributed by atoms with Crippen LogP contribution in [0.25, 0.3) is 0 Å². The molecular formula is C13H22ClNO2S. The maximum atomic E-state index is 5.44. The maximum absolute atomic E-state index is 5.44. The van der Waals surface area contributed by atoms with Gasteiger partial charge in [-0.15, -0.1) is 24.2 Å². The van der Waals surface area contributed by atoms with E-state index in [9.17, 15) is 0 Å². The molecule has 1 aromatic carbocycles. The first-order chi connectivity index (χ1) is 8.15. The third kappa shape index (κ3) is 4.26. The molecule has 0 radical (unpaired) electrons. The summed E-state index contributed by atoms with van der Waals surface area (Å²) in [7, 11) is 5.37. The maximum Gasteiger partial charge on any atom is 0.132 e. The molecule has 5 heteroatoms. The smallest absolute Gasteiger partial charge is 0.132 e. The van der Waals surface area contributed by atoms with E-state index in [1.54, 1.807) is 26.0 Å². The lowest BCUT2D eigenvalue weighted by atomic mass is 10.1. The molecule has 1 atom stereocenters. The number of halogens is 1. The summed E-state index contributed by atoms with van der Waals surface area (Å²) in [6.45, 7) is 2.15. The van der Waals surface area contributed by atoms with Crippen LogP contribution in [-0.2, 0) is 6.42 Å². The van der Waals surface area contributed by atoms with E-state index in [1.807, 2.05) is 19.4 Å². The number of ether oxygens (including phenoxy) is 2. The Labute approximate surface area is 120 Å². The van der Waals surface area contributed by atoms with Crippen molar-refractivity contribution in [2.24, 2.45) is 0 Å². The molecule has 0 aromatic heterocycles. The minimum Gasteiger partial charge on any atom is -0.496 e. The molecule has 3 nitrogen and oxygen atoms in total. The van der Waals surface area contributed by atoms with Crippen molar-refractivity contribution in [2.75, 3.05) is 27.5 Å². The standard InChI is InChI=1S/C13H21NO2S.ClH/c1-9(14-2)6-10-7-12(16-4)13(17-5)8-11(10)15-3;/h7-9,14H,6H2,1-5H3;1H. The summed E-state index contributed by atoms with van der Waals surface area (Å²) in [6, 6.07) is 4.52. The molecule has 1 rings (SSSR count). The van der Waals surface area contributed by atoms with Gasteiger partial charge in [-0.05, 0) is 44.3 Å². The third-order valence-electron chi connectivity index (χ3n) is 2.81. The highest BCUT2D eigenvalue weighted by atomic mass is 35.5. The second-order valence-electron chi connectivity index (χ2n) is 3.91. The molecule has 0 aliphatic rings. The summed E-state index contributed by atoms with van der Waals surface area (Å²) in [5.74, 6) is 1.84. The van der Waals surface area contributed by atoms with E-state index < -0.39 is 0 Å². The van der Waals surface area contributed by atoms with Crippen LogP contribution in [0.4, 0.5) is 0 Å². The van der Waals surface area contributed by atoms with Crippen LogP contribution in [0.5, 0.6) is 11.5 Å². The molecule has 0 fully saturated rings. The lowest BCUT2D eigenvalue weighted by Crippen LogP contribution is -2.23. The number of hydrogen-bond acceptors (Lipinski definition) is 4. The first-order valence-corrected chi connectivity index (χ1v) is 6.84. The molecule has 0 aliphatic carbocycles. The van der Waals surface area contributed by atoms with E-state index in [0.717, 1.165) is 22.8 Å². The third-order valence-corrected chi connectivity index (χ3v) is 3.56. The van der Waals surface area contributed by atoms with Crippen molar-refractivity contribution in [2.45, 2.75) is 24.3 Å². The number of methoxy groups -OCH3 is 2. The molecule has 0 amide bonds. The molecule has 1 aromatic rings. The fourth-order valence-electron chi connectivity index (χ4n) is 1.68. The van der Waals surface area contributed by atoms with Crippen LogP contribution < -0.4 is 14.8 Å². The van der Waals surface area contributed by atoms with Gasteiger partial charge in [0.2, 0.25) is 0 Å². The van der Waals surface area contributed by atoms with Crippen molar-refractivity contribution in [1.82, 2.24) is 5.32 Å². The summed E-state index contributed by atoms with van der Waals surface area (Å²) in [6.07, 6.45) is 2.96. The fourth-order valence-corrected chi connectivity index (χ4v) is 2.25. The van der Waals surface area contributed by atoms with Crippen LogP contribution in [0.15, 0.2) is 17.0 Å². The second kappa shape index (κ2) is 8.51. The molecule has 0 saturated carbocycles. The second-order valence-corrected chi connectivity index (χ2v) is 4.76. The fraction of sp³-hybridized carbons (Fsp3) is 0.538. The highest BCUT2D eigenvalue weighted by Crippen LogP contribution is 2.34. The van der Waals surface area contributed by atoms with Gasteiger partial charge in [-0.1, -0.05) is 0 Å². The van der Waals surface area contributed by atoms with Gasteiger partial charge in [0.25, 0.3) is 0 Å². The summed E-state index contributed by atoms with van der Waals surface area (Å²) >= 11 is 1.66. The average molecular weight is 292 g/mol. The number of likely N-dealkylation sites (N-methyl/N-ethyl adjacent to an activating group) is 1. The molecule has 104 valence electrons. The number of nitrogens with one attached hydrogen (secondary N) is 1. The van der Waals surface area contributed by atoms with Gasteiger partial charge in [0.15, 0.2) is 0 Å². The van der Waals surface area contributed by atoms with Gasteiger partial charge in [0.1, 0.15) is 11.5 Å². The van der Waals surface area contributed by atoms with Gasteiger partial charge in [0, 0.05) is 6.04 Å². The SMILES string of the molecule is CNC(C)Cc1cc(OC)c(SC)cc1OC.Cl. The number of benzene rings is 1. The Morgan fingerprint density at radius 2 is 1.83 bits per heavy atom. The summed E-state index contributed by atoms with van der Waals surface area (Å²) in [5.41, 5.74) is 1.17. The van der Waals surface area contributed by atoms with E-state index in [0.29, 0.717) is 6.04 Å². The Kier molecular flexibility index (Phi) is 8.24. The van der Waals surface area contributed by atoms with Crippen molar-refractivity contribution < 1.29 is 9.47 Å². The minimum absolute atomic E-state index is 0. The highest BCUT2D eigenvalue weighted by molar-refractivity contribution is 7.98. The van der Waals surface area contributed by atoms with E-state index >= 15 is 0 Å². The zero-order chi connectivity index (χ0) is 12.8. The van der Waals surface area contributed by atoms with Crippen molar-refractivity contribution in [1.29, 1.82) is 0 Å². The largest absolute Gasteiger partial charge is 0.496 e. The van der Waals surface area contributed by atoms with Gasteiger partial charge in [0.05, 0.1) is 19.1 Å². The molecule has 1 unspecified atom stereocenters. The average Bonchev–Trinajstić information content (AvgIpc) is 2.37. The molecule has 0 bridgehead atoms. The zero-order valence-electron chi connectivity index (χ0n) is 11.6.